The van der Waals surface area contributed by atoms with Gasteiger partial charge in [-0.15, -0.1) is 0 Å². The smallest absolute Gasteiger partial charge is 0.410 e. The summed E-state index contributed by atoms with van der Waals surface area (Å²) >= 11 is 0. The molecule has 2 amide bonds. The summed E-state index contributed by atoms with van der Waals surface area (Å²) in [5.41, 5.74) is 8.52. The molecule has 43 heavy (non-hydrogen) atoms. The molecule has 7 rings (SSSR count). The molecule has 3 aliphatic rings. The van der Waals surface area contributed by atoms with E-state index in [1.807, 2.05) is 60.8 Å². The number of rotatable bonds is 4. The number of aryl methyl sites for hydroxylation is 2. The highest BCUT2D eigenvalue weighted by molar-refractivity contribution is 5.95. The molecule has 3 aromatic heterocycles. The second-order valence-electron chi connectivity index (χ2n) is 13.4. The molecule has 2 aliphatic heterocycles. The molecular weight excluding hydrogens is 540 g/mol. The zero-order valence-electron chi connectivity index (χ0n) is 25.7. The van der Waals surface area contributed by atoms with E-state index in [2.05, 4.69) is 35.2 Å². The zero-order chi connectivity index (χ0) is 30.0. The molecule has 1 aliphatic carbocycles. The van der Waals surface area contributed by atoms with Gasteiger partial charge >= 0.3 is 6.09 Å². The summed E-state index contributed by atoms with van der Waals surface area (Å²) in [7, 11) is 0. The van der Waals surface area contributed by atoms with Crippen LogP contribution in [0.3, 0.4) is 0 Å². The molecule has 1 aromatic carbocycles. The lowest BCUT2D eigenvalue weighted by Crippen LogP contribution is -2.39. The number of hydrogen-bond acceptors (Lipinski definition) is 5. The van der Waals surface area contributed by atoms with Crippen molar-refractivity contribution < 1.29 is 14.3 Å². The fourth-order valence-electron chi connectivity index (χ4n) is 6.64. The summed E-state index contributed by atoms with van der Waals surface area (Å²) in [5.74, 6) is 0.0260. The van der Waals surface area contributed by atoms with E-state index in [1.54, 1.807) is 0 Å². The SMILES string of the molecule is Cc1nn(C2CC2)cc1C(=O)N1CCc2cc(-c3cnc4[nH]cc(C)c4c3)cc(C3CCCN3C(=O)OC(C)(C)C)c2C1. The molecule has 1 saturated heterocycles. The van der Waals surface area contributed by atoms with Gasteiger partial charge in [-0.1, -0.05) is 6.07 Å². The summed E-state index contributed by atoms with van der Waals surface area (Å²) in [6.07, 6.45) is 10.3. The first-order chi connectivity index (χ1) is 20.6. The Kier molecular flexibility index (Phi) is 6.59. The van der Waals surface area contributed by atoms with Crippen molar-refractivity contribution in [1.82, 2.24) is 29.5 Å². The average Bonchev–Trinajstić information content (AvgIpc) is 3.39. The Bertz CT molecular complexity index is 1740. The van der Waals surface area contributed by atoms with Gasteiger partial charge in [-0.05, 0) is 107 Å². The van der Waals surface area contributed by atoms with Crippen LogP contribution in [0.1, 0.15) is 96.8 Å². The van der Waals surface area contributed by atoms with Crippen LogP contribution in [0.15, 0.2) is 36.8 Å². The van der Waals surface area contributed by atoms with E-state index >= 15 is 0 Å². The lowest BCUT2D eigenvalue weighted by Gasteiger charge is -2.35. The zero-order valence-corrected chi connectivity index (χ0v) is 25.7. The van der Waals surface area contributed by atoms with Crippen molar-refractivity contribution in [2.24, 2.45) is 0 Å². The highest BCUT2D eigenvalue weighted by Crippen LogP contribution is 2.41. The third kappa shape index (κ3) is 5.19. The quantitative estimate of drug-likeness (QED) is 0.292. The molecule has 224 valence electrons. The Morgan fingerprint density at radius 2 is 1.86 bits per heavy atom. The van der Waals surface area contributed by atoms with E-state index in [1.165, 1.54) is 5.56 Å². The van der Waals surface area contributed by atoms with Gasteiger partial charge in [0, 0.05) is 49.2 Å². The van der Waals surface area contributed by atoms with Crippen LogP contribution in [-0.4, -0.2) is 60.2 Å². The van der Waals surface area contributed by atoms with Crippen LogP contribution in [0.5, 0.6) is 0 Å². The van der Waals surface area contributed by atoms with Crippen LogP contribution < -0.4 is 0 Å². The van der Waals surface area contributed by atoms with Crippen LogP contribution in [0.25, 0.3) is 22.2 Å². The van der Waals surface area contributed by atoms with Crippen molar-refractivity contribution in [3.05, 3.63) is 70.3 Å². The molecule has 9 heteroatoms. The monoisotopic (exact) mass is 580 g/mol. The number of ether oxygens (including phenoxy) is 1. The summed E-state index contributed by atoms with van der Waals surface area (Å²) < 4.78 is 7.81. The molecule has 9 nitrogen and oxygen atoms in total. The number of carbonyl (C=O) groups is 2. The minimum Gasteiger partial charge on any atom is -0.444 e. The summed E-state index contributed by atoms with van der Waals surface area (Å²) in [6.45, 7) is 11.5. The number of pyridine rings is 1. The lowest BCUT2D eigenvalue weighted by molar-refractivity contribution is 0.0222. The number of fused-ring (bicyclic) bond motifs is 2. The Labute approximate surface area is 252 Å². The second-order valence-corrected chi connectivity index (χ2v) is 13.4. The van der Waals surface area contributed by atoms with E-state index < -0.39 is 5.60 Å². The Morgan fingerprint density at radius 3 is 2.63 bits per heavy atom. The summed E-state index contributed by atoms with van der Waals surface area (Å²) in [5, 5.41) is 5.75. The predicted octanol–water partition coefficient (Wildman–Crippen LogP) is 6.65. The molecule has 4 aromatic rings. The highest BCUT2D eigenvalue weighted by Gasteiger charge is 2.37. The highest BCUT2D eigenvalue weighted by atomic mass is 16.6. The molecule has 0 radical (unpaired) electrons. The second kappa shape index (κ2) is 10.2. The van der Waals surface area contributed by atoms with Crippen LogP contribution in [0, 0.1) is 13.8 Å². The molecule has 1 unspecified atom stereocenters. The maximum atomic E-state index is 13.8. The lowest BCUT2D eigenvalue weighted by atomic mass is 9.86. The number of H-pyrrole nitrogens is 1. The van der Waals surface area contributed by atoms with E-state index in [0.29, 0.717) is 31.2 Å². The van der Waals surface area contributed by atoms with Crippen LogP contribution in [0.4, 0.5) is 4.79 Å². The molecule has 1 atom stereocenters. The fourth-order valence-corrected chi connectivity index (χ4v) is 6.64. The first-order valence-electron chi connectivity index (χ1n) is 15.5. The van der Waals surface area contributed by atoms with Crippen molar-refractivity contribution in [1.29, 1.82) is 0 Å². The number of carbonyl (C=O) groups excluding carboxylic acids is 2. The maximum Gasteiger partial charge on any atom is 0.410 e. The number of aromatic nitrogens is 4. The van der Waals surface area contributed by atoms with Crippen molar-refractivity contribution in [3.63, 3.8) is 0 Å². The van der Waals surface area contributed by atoms with Gasteiger partial charge in [0.1, 0.15) is 11.2 Å². The Hall–Kier alpha value is -4.14. The van der Waals surface area contributed by atoms with Crippen molar-refractivity contribution in [2.45, 2.75) is 91.0 Å². The van der Waals surface area contributed by atoms with E-state index in [4.69, 9.17) is 9.72 Å². The number of amides is 2. The van der Waals surface area contributed by atoms with Gasteiger partial charge in [0.15, 0.2) is 0 Å². The number of benzene rings is 1. The number of aromatic amines is 1. The Balaban J connectivity index is 1.28. The van der Waals surface area contributed by atoms with Crippen LogP contribution >= 0.6 is 0 Å². The molecule has 0 bridgehead atoms. The molecule has 1 N–H and O–H groups in total. The Morgan fingerprint density at radius 1 is 1.05 bits per heavy atom. The van der Waals surface area contributed by atoms with Crippen LogP contribution in [0.2, 0.25) is 0 Å². The van der Waals surface area contributed by atoms with Gasteiger partial charge in [-0.25, -0.2) is 9.78 Å². The normalized spacial score (nSPS) is 18.8. The number of nitrogens with zero attached hydrogens (tertiary/aromatic N) is 5. The predicted molar refractivity (Wildman–Crippen MR) is 165 cm³/mol. The van der Waals surface area contributed by atoms with Gasteiger partial charge in [-0.2, -0.15) is 5.10 Å². The van der Waals surface area contributed by atoms with Crippen LogP contribution in [-0.2, 0) is 17.7 Å². The third-order valence-electron chi connectivity index (χ3n) is 9.04. The van der Waals surface area contributed by atoms with Gasteiger partial charge in [0.2, 0.25) is 0 Å². The number of nitrogens with one attached hydrogen (secondary N) is 1. The van der Waals surface area contributed by atoms with Gasteiger partial charge in [0.05, 0.1) is 23.3 Å². The average molecular weight is 581 g/mol. The molecule has 5 heterocycles. The minimum absolute atomic E-state index is 0.0260. The standard InChI is InChI=1S/C34H40N6O3/c1-20-16-35-31-26(20)15-24(17-36-31)23-13-22-10-12-38(32(41)28-19-40(25-8-9-25)37-21(28)2)18-29(22)27(14-23)30-7-6-11-39(30)33(42)43-34(3,4)5/h13-17,19,25,30H,6-12,18H2,1-5H3,(H,35,36). The minimum atomic E-state index is -0.576. The van der Waals surface area contributed by atoms with E-state index in [9.17, 15) is 9.59 Å². The fraction of sp³-hybridized carbons (Fsp3) is 0.471. The first-order valence-corrected chi connectivity index (χ1v) is 15.5. The largest absolute Gasteiger partial charge is 0.444 e. The van der Waals surface area contributed by atoms with Gasteiger partial charge in [0.25, 0.3) is 5.91 Å². The molecule has 2 fully saturated rings. The maximum absolute atomic E-state index is 13.8. The van der Waals surface area contributed by atoms with E-state index in [0.717, 1.165) is 76.6 Å². The molecule has 0 spiro atoms. The summed E-state index contributed by atoms with van der Waals surface area (Å²) in [4.78, 5) is 39.0. The number of hydrogen-bond donors (Lipinski definition) is 1. The topological polar surface area (TPSA) is 96.4 Å². The molecular formula is C34H40N6O3. The number of likely N-dealkylation sites (tertiary alicyclic amines) is 1. The summed E-state index contributed by atoms with van der Waals surface area (Å²) in [6, 6.07) is 6.98. The van der Waals surface area contributed by atoms with Gasteiger partial charge in [-0.3, -0.25) is 9.48 Å². The first kappa shape index (κ1) is 27.7. The van der Waals surface area contributed by atoms with Crippen molar-refractivity contribution >= 4 is 23.0 Å². The van der Waals surface area contributed by atoms with Crippen molar-refractivity contribution in [3.8, 4) is 11.1 Å². The third-order valence-corrected chi connectivity index (χ3v) is 9.04. The van der Waals surface area contributed by atoms with Crippen molar-refractivity contribution in [2.75, 3.05) is 13.1 Å². The van der Waals surface area contributed by atoms with Gasteiger partial charge < -0.3 is 19.5 Å². The molecule has 1 saturated carbocycles. The van der Waals surface area contributed by atoms with E-state index in [-0.39, 0.29) is 18.0 Å².